The fourth-order valence-electron chi connectivity index (χ4n) is 1.30. The fourth-order valence-corrected chi connectivity index (χ4v) is 1.30. The lowest BCUT2D eigenvalue weighted by Gasteiger charge is -2.06. The van der Waals surface area contributed by atoms with E-state index in [0.717, 1.165) is 5.56 Å². The van der Waals surface area contributed by atoms with E-state index >= 15 is 0 Å². The largest absolute Gasteiger partial charge is 0.467 e. The monoisotopic (exact) mass is 246 g/mol. The fraction of sp³-hybridized carbons (Fsp3) is 0.250. The van der Waals surface area contributed by atoms with Gasteiger partial charge in [-0.2, -0.15) is 9.97 Å². The maximum absolute atomic E-state index is 5.54. The normalized spacial score (nSPS) is 9.94. The number of hydrogen-bond acceptors (Lipinski definition) is 6. The van der Waals surface area contributed by atoms with Crippen molar-refractivity contribution in [2.75, 3.05) is 19.5 Å². The van der Waals surface area contributed by atoms with Crippen molar-refractivity contribution in [1.29, 1.82) is 0 Å². The maximum Gasteiger partial charge on any atom is 0.330 e. The van der Waals surface area contributed by atoms with Gasteiger partial charge in [-0.05, 0) is 19.1 Å². The molecule has 0 radical (unpaired) electrons. The summed E-state index contributed by atoms with van der Waals surface area (Å²) >= 11 is 0. The van der Waals surface area contributed by atoms with E-state index in [1.807, 2.05) is 31.2 Å². The van der Waals surface area contributed by atoms with E-state index in [-0.39, 0.29) is 12.0 Å². The highest BCUT2D eigenvalue weighted by Crippen LogP contribution is 2.20. The molecule has 94 valence electrons. The van der Waals surface area contributed by atoms with Crippen LogP contribution in [0.2, 0.25) is 0 Å². The summed E-state index contributed by atoms with van der Waals surface area (Å²) < 4.78 is 10.5. The molecule has 1 aromatic heterocycles. The molecule has 1 heterocycles. The van der Waals surface area contributed by atoms with Crippen LogP contribution >= 0.6 is 0 Å². The number of ether oxygens (including phenoxy) is 2. The number of anilines is 1. The number of methoxy groups -OCH3 is 1. The molecule has 18 heavy (non-hydrogen) atoms. The van der Waals surface area contributed by atoms with Gasteiger partial charge in [0.25, 0.3) is 0 Å². The first-order valence-electron chi connectivity index (χ1n) is 5.43. The Kier molecular flexibility index (Phi) is 3.57. The molecule has 0 unspecified atom stereocenters. The van der Waals surface area contributed by atoms with Crippen LogP contribution in [0.4, 0.5) is 5.95 Å². The number of nitrogens with zero attached hydrogens (tertiary/aromatic N) is 3. The zero-order valence-corrected chi connectivity index (χ0v) is 10.5. The van der Waals surface area contributed by atoms with Gasteiger partial charge in [0.05, 0.1) is 7.11 Å². The molecule has 0 amide bonds. The van der Waals surface area contributed by atoms with E-state index in [9.17, 15) is 0 Å². The molecule has 2 aromatic rings. The summed E-state index contributed by atoms with van der Waals surface area (Å²) in [6, 6.07) is 8.00. The molecule has 0 spiro atoms. The topological polar surface area (TPSA) is 69.2 Å². The van der Waals surface area contributed by atoms with Crippen molar-refractivity contribution in [3.05, 3.63) is 29.8 Å². The molecular weight excluding hydrogens is 232 g/mol. The third kappa shape index (κ3) is 2.85. The molecule has 0 fully saturated rings. The third-order valence-electron chi connectivity index (χ3n) is 2.23. The summed E-state index contributed by atoms with van der Waals surface area (Å²) in [5.41, 5.74) is 1.16. The van der Waals surface area contributed by atoms with Crippen LogP contribution in [0.5, 0.6) is 17.8 Å². The molecular formula is C12H14N4O2. The number of hydrogen-bond donors (Lipinski definition) is 1. The molecule has 1 aromatic carbocycles. The lowest BCUT2D eigenvalue weighted by molar-refractivity contribution is 0.360. The van der Waals surface area contributed by atoms with E-state index in [2.05, 4.69) is 20.3 Å². The molecule has 1 N–H and O–H groups in total. The van der Waals surface area contributed by atoms with Crippen molar-refractivity contribution in [3.8, 4) is 17.8 Å². The first-order valence-corrected chi connectivity index (χ1v) is 5.43. The van der Waals surface area contributed by atoms with E-state index in [4.69, 9.17) is 9.47 Å². The zero-order chi connectivity index (χ0) is 13.0. The maximum atomic E-state index is 5.54. The predicted octanol–water partition coefficient (Wildman–Crippen LogP) is 2.02. The minimum atomic E-state index is 0.190. The van der Waals surface area contributed by atoms with Crippen molar-refractivity contribution in [2.24, 2.45) is 0 Å². The minimum absolute atomic E-state index is 0.190. The summed E-state index contributed by atoms with van der Waals surface area (Å²) in [6.07, 6.45) is 0. The van der Waals surface area contributed by atoms with E-state index in [1.54, 1.807) is 7.05 Å². The molecule has 6 heteroatoms. The van der Waals surface area contributed by atoms with Gasteiger partial charge in [0.1, 0.15) is 5.75 Å². The van der Waals surface area contributed by atoms with Crippen LogP contribution in [0.25, 0.3) is 0 Å². The molecule has 0 aliphatic carbocycles. The summed E-state index contributed by atoms with van der Waals surface area (Å²) in [7, 11) is 3.20. The molecule has 0 bridgehead atoms. The second kappa shape index (κ2) is 5.31. The number of aromatic nitrogens is 3. The summed E-state index contributed by atoms with van der Waals surface area (Å²) in [6.45, 7) is 2.01. The minimum Gasteiger partial charge on any atom is -0.467 e. The number of aryl methyl sites for hydroxylation is 1. The van der Waals surface area contributed by atoms with Gasteiger partial charge in [-0.1, -0.05) is 17.7 Å². The Labute approximate surface area is 105 Å². The van der Waals surface area contributed by atoms with Crippen LogP contribution in [0.1, 0.15) is 5.56 Å². The molecule has 2 rings (SSSR count). The van der Waals surface area contributed by atoms with E-state index in [0.29, 0.717) is 11.7 Å². The highest BCUT2D eigenvalue weighted by atomic mass is 16.5. The van der Waals surface area contributed by atoms with Crippen molar-refractivity contribution in [3.63, 3.8) is 0 Å². The summed E-state index contributed by atoms with van der Waals surface area (Å²) in [5.74, 6) is 1.06. The lowest BCUT2D eigenvalue weighted by atomic mass is 10.2. The van der Waals surface area contributed by atoms with Crippen LogP contribution in [0.15, 0.2) is 24.3 Å². The smallest absolute Gasteiger partial charge is 0.330 e. The third-order valence-corrected chi connectivity index (χ3v) is 2.23. The first kappa shape index (κ1) is 12.1. The van der Waals surface area contributed by atoms with Gasteiger partial charge >= 0.3 is 12.0 Å². The van der Waals surface area contributed by atoms with Gasteiger partial charge in [-0.3, -0.25) is 0 Å². The first-order chi connectivity index (χ1) is 8.71. The van der Waals surface area contributed by atoms with Gasteiger partial charge in [0, 0.05) is 7.05 Å². The van der Waals surface area contributed by atoms with Gasteiger partial charge in [0.15, 0.2) is 0 Å². The molecule has 0 saturated heterocycles. The standard InChI is InChI=1S/C12H14N4O2/c1-8-4-6-9(7-5-8)18-12-15-10(13-2)14-11(16-12)17-3/h4-7H,1-3H3,(H,13,14,15,16). The Morgan fingerprint density at radius 1 is 1.00 bits per heavy atom. The Morgan fingerprint density at radius 2 is 1.67 bits per heavy atom. The van der Waals surface area contributed by atoms with Crippen LogP contribution < -0.4 is 14.8 Å². The Balaban J connectivity index is 2.25. The van der Waals surface area contributed by atoms with Crippen LogP contribution in [0.3, 0.4) is 0 Å². The van der Waals surface area contributed by atoms with Gasteiger partial charge in [-0.25, -0.2) is 0 Å². The summed E-state index contributed by atoms with van der Waals surface area (Å²) in [5, 5.41) is 2.81. The van der Waals surface area contributed by atoms with E-state index < -0.39 is 0 Å². The van der Waals surface area contributed by atoms with Crippen LogP contribution in [-0.2, 0) is 0 Å². The zero-order valence-electron chi connectivity index (χ0n) is 10.5. The van der Waals surface area contributed by atoms with Gasteiger partial charge in [0.2, 0.25) is 5.95 Å². The van der Waals surface area contributed by atoms with Crippen LogP contribution in [0, 0.1) is 6.92 Å². The lowest BCUT2D eigenvalue weighted by Crippen LogP contribution is -2.03. The van der Waals surface area contributed by atoms with Crippen molar-refractivity contribution >= 4 is 5.95 Å². The van der Waals surface area contributed by atoms with Crippen molar-refractivity contribution < 1.29 is 9.47 Å². The second-order valence-corrected chi connectivity index (χ2v) is 3.59. The summed E-state index contributed by atoms with van der Waals surface area (Å²) in [4.78, 5) is 12.1. The van der Waals surface area contributed by atoms with E-state index in [1.165, 1.54) is 7.11 Å². The second-order valence-electron chi connectivity index (χ2n) is 3.59. The molecule has 0 aliphatic heterocycles. The van der Waals surface area contributed by atoms with Gasteiger partial charge in [-0.15, -0.1) is 4.98 Å². The average molecular weight is 246 g/mol. The number of nitrogens with one attached hydrogen (secondary N) is 1. The van der Waals surface area contributed by atoms with Crippen LogP contribution in [-0.4, -0.2) is 29.1 Å². The highest BCUT2D eigenvalue weighted by molar-refractivity contribution is 5.31. The molecule has 6 nitrogen and oxygen atoms in total. The molecule has 0 aliphatic rings. The Morgan fingerprint density at radius 3 is 2.28 bits per heavy atom. The van der Waals surface area contributed by atoms with Crippen molar-refractivity contribution in [2.45, 2.75) is 6.92 Å². The average Bonchev–Trinajstić information content (AvgIpc) is 2.41. The molecule has 0 saturated carbocycles. The Hall–Kier alpha value is -2.37. The molecule has 0 atom stereocenters. The number of rotatable bonds is 4. The predicted molar refractivity (Wildman–Crippen MR) is 67.2 cm³/mol. The van der Waals surface area contributed by atoms with Gasteiger partial charge < -0.3 is 14.8 Å². The number of benzene rings is 1. The highest BCUT2D eigenvalue weighted by Gasteiger charge is 2.07. The quantitative estimate of drug-likeness (QED) is 0.890. The SMILES string of the molecule is CNc1nc(OC)nc(Oc2ccc(C)cc2)n1. The van der Waals surface area contributed by atoms with Crippen molar-refractivity contribution in [1.82, 2.24) is 15.0 Å². The Bertz CT molecular complexity index is 506.